The molecule has 1 atom stereocenters. The molecule has 0 unspecified atom stereocenters. The van der Waals surface area contributed by atoms with Gasteiger partial charge in [0.25, 0.3) is 5.78 Å². The summed E-state index contributed by atoms with van der Waals surface area (Å²) in [6, 6.07) is 13.2. The minimum Gasteiger partial charge on any atom is -0.507 e. The zero-order chi connectivity index (χ0) is 27.1. The van der Waals surface area contributed by atoms with Gasteiger partial charge in [0, 0.05) is 5.56 Å². The molecule has 0 radical (unpaired) electrons. The summed E-state index contributed by atoms with van der Waals surface area (Å²) in [6.45, 7) is 7.89. The number of aryl methyl sites for hydroxylation is 1. The smallest absolute Gasteiger partial charge is 0.350 e. The SMILES string of the molecule is COC(=O)c1sc(N2C(=O)C(=O)C(=C(O)c3cccc(OC)c3)[C@H]2c2ccc(C(C)(C)C)cc2)nc1C. The summed E-state index contributed by atoms with van der Waals surface area (Å²) >= 11 is 0.960. The number of hydrogen-bond donors (Lipinski definition) is 1. The number of nitrogens with zero attached hydrogens (tertiary/aromatic N) is 2. The van der Waals surface area contributed by atoms with Crippen molar-refractivity contribution in [3.8, 4) is 5.75 Å². The quantitative estimate of drug-likeness (QED) is 0.214. The van der Waals surface area contributed by atoms with Crippen LogP contribution in [-0.4, -0.2) is 42.0 Å². The van der Waals surface area contributed by atoms with Crippen molar-refractivity contribution in [3.05, 3.63) is 81.4 Å². The molecule has 1 amide bonds. The average molecular weight is 521 g/mol. The average Bonchev–Trinajstić information content (AvgIpc) is 3.39. The van der Waals surface area contributed by atoms with Crippen LogP contribution in [0.5, 0.6) is 5.75 Å². The highest BCUT2D eigenvalue weighted by Crippen LogP contribution is 2.44. The number of ether oxygens (including phenoxy) is 2. The summed E-state index contributed by atoms with van der Waals surface area (Å²) in [4.78, 5) is 44.9. The van der Waals surface area contributed by atoms with Crippen molar-refractivity contribution in [1.29, 1.82) is 0 Å². The van der Waals surface area contributed by atoms with Crippen molar-refractivity contribution in [1.82, 2.24) is 4.98 Å². The molecule has 1 N–H and O–H groups in total. The van der Waals surface area contributed by atoms with Gasteiger partial charge in [-0.3, -0.25) is 14.5 Å². The summed E-state index contributed by atoms with van der Waals surface area (Å²) in [7, 11) is 2.76. The molecule has 1 aromatic heterocycles. The Balaban J connectivity index is 1.94. The summed E-state index contributed by atoms with van der Waals surface area (Å²) in [6.07, 6.45) is 0. The van der Waals surface area contributed by atoms with Crippen molar-refractivity contribution in [3.63, 3.8) is 0 Å². The van der Waals surface area contributed by atoms with E-state index in [1.807, 2.05) is 24.3 Å². The highest BCUT2D eigenvalue weighted by atomic mass is 32.1. The maximum Gasteiger partial charge on any atom is 0.350 e. The van der Waals surface area contributed by atoms with Crippen LogP contribution in [0, 0.1) is 6.92 Å². The maximum atomic E-state index is 13.4. The first-order valence-electron chi connectivity index (χ1n) is 11.6. The molecule has 3 aromatic rings. The lowest BCUT2D eigenvalue weighted by molar-refractivity contribution is -0.132. The molecule has 0 bridgehead atoms. The Morgan fingerprint density at radius 3 is 2.35 bits per heavy atom. The van der Waals surface area contributed by atoms with E-state index in [-0.39, 0.29) is 26.8 Å². The van der Waals surface area contributed by atoms with Crippen molar-refractivity contribution >= 4 is 39.9 Å². The minimum atomic E-state index is -0.962. The molecule has 2 aromatic carbocycles. The predicted octanol–water partition coefficient (Wildman–Crippen LogP) is 5.17. The Hall–Kier alpha value is -3.98. The maximum absolute atomic E-state index is 13.4. The number of ketones is 1. The predicted molar refractivity (Wildman–Crippen MR) is 141 cm³/mol. The normalized spacial score (nSPS) is 17.2. The molecule has 0 saturated carbocycles. The molecule has 1 aliphatic rings. The van der Waals surface area contributed by atoms with Crippen LogP contribution in [0.15, 0.2) is 54.1 Å². The molecule has 0 spiro atoms. The van der Waals surface area contributed by atoms with Crippen LogP contribution in [0.1, 0.15) is 58.9 Å². The van der Waals surface area contributed by atoms with Crippen molar-refractivity contribution in [2.45, 2.75) is 39.2 Å². The van der Waals surface area contributed by atoms with Crippen molar-refractivity contribution in [2.24, 2.45) is 0 Å². The zero-order valence-corrected chi connectivity index (χ0v) is 22.3. The Bertz CT molecular complexity index is 1420. The third-order valence-corrected chi connectivity index (χ3v) is 7.38. The van der Waals surface area contributed by atoms with Gasteiger partial charge in [0.2, 0.25) is 0 Å². The molecule has 1 fully saturated rings. The molecule has 2 heterocycles. The molecule has 4 rings (SSSR count). The number of esters is 1. The van der Waals surface area contributed by atoms with Gasteiger partial charge in [0.15, 0.2) is 5.13 Å². The van der Waals surface area contributed by atoms with Gasteiger partial charge < -0.3 is 14.6 Å². The monoisotopic (exact) mass is 520 g/mol. The van der Waals surface area contributed by atoms with Gasteiger partial charge in [0.05, 0.1) is 31.5 Å². The van der Waals surface area contributed by atoms with E-state index in [4.69, 9.17) is 9.47 Å². The molecular weight excluding hydrogens is 492 g/mol. The molecule has 1 aliphatic heterocycles. The summed E-state index contributed by atoms with van der Waals surface area (Å²) in [5.74, 6) is -2.12. The number of amides is 1. The Morgan fingerprint density at radius 1 is 1.08 bits per heavy atom. The number of benzene rings is 2. The fourth-order valence-electron chi connectivity index (χ4n) is 4.20. The van der Waals surface area contributed by atoms with Crippen LogP contribution in [0.4, 0.5) is 5.13 Å². The van der Waals surface area contributed by atoms with E-state index in [1.54, 1.807) is 31.2 Å². The summed E-state index contributed by atoms with van der Waals surface area (Å²) < 4.78 is 10.1. The first kappa shape index (κ1) is 26.1. The number of aliphatic hydroxyl groups is 1. The lowest BCUT2D eigenvalue weighted by Crippen LogP contribution is -2.29. The van der Waals surface area contributed by atoms with Gasteiger partial charge in [-0.1, -0.05) is 68.5 Å². The first-order valence-corrected chi connectivity index (χ1v) is 12.4. The number of hydrogen-bond acceptors (Lipinski definition) is 8. The van der Waals surface area contributed by atoms with Gasteiger partial charge >= 0.3 is 11.9 Å². The van der Waals surface area contributed by atoms with Gasteiger partial charge in [-0.15, -0.1) is 0 Å². The van der Waals surface area contributed by atoms with Crippen LogP contribution in [0.25, 0.3) is 5.76 Å². The highest BCUT2D eigenvalue weighted by Gasteiger charge is 2.48. The fraction of sp³-hybridized carbons (Fsp3) is 0.286. The summed E-state index contributed by atoms with van der Waals surface area (Å²) in [5.41, 5.74) is 2.21. The lowest BCUT2D eigenvalue weighted by atomic mass is 9.85. The number of rotatable bonds is 5. The number of thiazole rings is 1. The lowest BCUT2D eigenvalue weighted by Gasteiger charge is -2.24. The molecule has 192 valence electrons. The molecule has 1 saturated heterocycles. The van der Waals surface area contributed by atoms with Crippen LogP contribution < -0.4 is 9.64 Å². The van der Waals surface area contributed by atoms with Gasteiger partial charge in [-0.05, 0) is 35.6 Å². The third kappa shape index (κ3) is 4.74. The fourth-order valence-corrected chi connectivity index (χ4v) is 5.22. The zero-order valence-electron chi connectivity index (χ0n) is 21.5. The van der Waals surface area contributed by atoms with E-state index in [9.17, 15) is 19.5 Å². The van der Waals surface area contributed by atoms with E-state index in [0.717, 1.165) is 16.9 Å². The van der Waals surface area contributed by atoms with Crippen LogP contribution in [0.3, 0.4) is 0 Å². The topological polar surface area (TPSA) is 106 Å². The molecule has 8 nitrogen and oxygen atoms in total. The van der Waals surface area contributed by atoms with Gasteiger partial charge in [0.1, 0.15) is 16.4 Å². The number of anilines is 1. The van der Waals surface area contributed by atoms with E-state index >= 15 is 0 Å². The van der Waals surface area contributed by atoms with E-state index < -0.39 is 23.7 Å². The van der Waals surface area contributed by atoms with E-state index in [1.165, 1.54) is 19.1 Å². The third-order valence-electron chi connectivity index (χ3n) is 6.24. The highest BCUT2D eigenvalue weighted by molar-refractivity contribution is 7.17. The molecule has 0 aliphatic carbocycles. The second-order valence-electron chi connectivity index (χ2n) is 9.68. The van der Waals surface area contributed by atoms with Crippen LogP contribution in [0.2, 0.25) is 0 Å². The Labute approximate surface area is 219 Å². The number of aliphatic hydroxyl groups excluding tert-OH is 1. The number of aromatic nitrogens is 1. The van der Waals surface area contributed by atoms with Gasteiger partial charge in [-0.25, -0.2) is 9.78 Å². The largest absolute Gasteiger partial charge is 0.507 e. The summed E-state index contributed by atoms with van der Waals surface area (Å²) in [5, 5.41) is 11.5. The number of Topliss-reactive ketones (excluding diaryl/α,β-unsaturated/α-hetero) is 1. The Morgan fingerprint density at radius 2 is 1.76 bits per heavy atom. The van der Waals surface area contributed by atoms with Crippen molar-refractivity contribution < 1.29 is 29.0 Å². The second-order valence-corrected chi connectivity index (χ2v) is 10.7. The van der Waals surface area contributed by atoms with Crippen molar-refractivity contribution in [2.75, 3.05) is 19.1 Å². The second kappa shape index (κ2) is 9.82. The van der Waals surface area contributed by atoms with E-state index in [0.29, 0.717) is 22.6 Å². The molecule has 37 heavy (non-hydrogen) atoms. The molecule has 9 heteroatoms. The number of methoxy groups -OCH3 is 2. The standard InChI is InChI=1S/C28H28N2O6S/c1-15-24(26(34)36-6)37-27(29-15)30-21(16-10-12-18(13-11-16)28(2,3)4)20(23(32)25(30)33)22(31)17-8-7-9-19(14-17)35-5/h7-14,21,31H,1-6H3/t21-/m1/s1. The van der Waals surface area contributed by atoms with E-state index in [2.05, 4.69) is 25.8 Å². The van der Waals surface area contributed by atoms with Crippen LogP contribution in [-0.2, 0) is 19.7 Å². The number of carbonyl (C=O) groups excluding carboxylic acids is 3. The molecular formula is C28H28N2O6S. The first-order chi connectivity index (χ1) is 17.5. The minimum absolute atomic E-state index is 0.0748. The Kier molecular flexibility index (Phi) is 6.92. The van der Waals surface area contributed by atoms with Crippen LogP contribution >= 0.6 is 11.3 Å². The number of carbonyl (C=O) groups is 3. The van der Waals surface area contributed by atoms with Gasteiger partial charge in [-0.2, -0.15) is 0 Å².